The second-order valence-electron chi connectivity index (χ2n) is 3.41. The molecule has 0 saturated carbocycles. The van der Waals surface area contributed by atoms with E-state index in [-0.39, 0.29) is 25.4 Å². The molecular weight excluding hydrogens is 224 g/mol. The third kappa shape index (κ3) is 4.44. The van der Waals surface area contributed by atoms with Crippen molar-refractivity contribution in [3.8, 4) is 0 Å². The summed E-state index contributed by atoms with van der Waals surface area (Å²) in [4.78, 5) is 9.67. The zero-order valence-corrected chi connectivity index (χ0v) is 9.23. The van der Waals surface area contributed by atoms with Gasteiger partial charge in [0.15, 0.2) is 0 Å². The van der Waals surface area contributed by atoms with Gasteiger partial charge in [-0.15, -0.1) is 0 Å². The van der Waals surface area contributed by atoms with Gasteiger partial charge < -0.3 is 9.47 Å². The minimum atomic E-state index is -0.141. The van der Waals surface area contributed by atoms with Crippen LogP contribution in [-0.2, 0) is 24.3 Å². The van der Waals surface area contributed by atoms with Gasteiger partial charge in [0, 0.05) is 0 Å². The molecule has 2 atom stereocenters. The summed E-state index contributed by atoms with van der Waals surface area (Å²) in [5.74, 6) is 0. The first-order valence-electron chi connectivity index (χ1n) is 5.34. The van der Waals surface area contributed by atoms with Crippen LogP contribution in [-0.4, -0.2) is 25.4 Å². The molecule has 0 saturated heterocycles. The average Bonchev–Trinajstić information content (AvgIpc) is 2.41. The van der Waals surface area contributed by atoms with Gasteiger partial charge in [0.25, 0.3) is 0 Å². The van der Waals surface area contributed by atoms with Crippen molar-refractivity contribution < 1.29 is 24.3 Å². The Balaban J connectivity index is 1.49. The number of hydrogen-bond acceptors (Lipinski definition) is 5. The largest absolute Gasteiger partial charge is 0.491 e. The summed E-state index contributed by atoms with van der Waals surface area (Å²) in [6.45, 7) is 0.532. The molecular formula is C12H14O5. The highest BCUT2D eigenvalue weighted by Gasteiger charge is 2.09. The van der Waals surface area contributed by atoms with Gasteiger partial charge in [-0.1, -0.05) is 17.2 Å². The van der Waals surface area contributed by atoms with Crippen molar-refractivity contribution in [3.05, 3.63) is 49.0 Å². The predicted octanol–water partition coefficient (Wildman–Crippen LogP) is 1.80. The number of allylic oxidation sites excluding steroid dienone is 4. The smallest absolute Gasteiger partial charge is 0.143 e. The minimum absolute atomic E-state index is 0.141. The topological polar surface area (TPSA) is 46.2 Å². The van der Waals surface area contributed by atoms with E-state index in [9.17, 15) is 0 Å². The molecule has 17 heavy (non-hydrogen) atoms. The molecule has 5 nitrogen and oxygen atoms in total. The third-order valence-corrected chi connectivity index (χ3v) is 2.10. The van der Waals surface area contributed by atoms with E-state index < -0.39 is 0 Å². The fourth-order valence-electron chi connectivity index (χ4n) is 1.26. The highest BCUT2D eigenvalue weighted by atomic mass is 17.5. The highest BCUT2D eigenvalue weighted by molar-refractivity contribution is 5.07. The van der Waals surface area contributed by atoms with Gasteiger partial charge in [0.2, 0.25) is 0 Å². The maximum atomic E-state index is 5.20. The number of rotatable bonds is 6. The molecule has 2 heterocycles. The van der Waals surface area contributed by atoms with Gasteiger partial charge in [-0.2, -0.15) is 0 Å². The molecule has 0 aromatic carbocycles. The van der Waals surface area contributed by atoms with E-state index in [0.717, 1.165) is 0 Å². The molecule has 0 amide bonds. The van der Waals surface area contributed by atoms with Crippen LogP contribution in [0.15, 0.2) is 49.0 Å². The molecule has 0 fully saturated rings. The summed E-state index contributed by atoms with van der Waals surface area (Å²) in [6.07, 6.45) is 14.0. The lowest BCUT2D eigenvalue weighted by Gasteiger charge is -2.15. The second-order valence-corrected chi connectivity index (χ2v) is 3.41. The molecule has 2 aliphatic heterocycles. The average molecular weight is 238 g/mol. The summed E-state index contributed by atoms with van der Waals surface area (Å²) in [5, 5.41) is 4.56. The quantitative estimate of drug-likeness (QED) is 0.401. The van der Waals surface area contributed by atoms with Gasteiger partial charge in [-0.3, -0.25) is 0 Å². The number of hydrogen-bond donors (Lipinski definition) is 0. The van der Waals surface area contributed by atoms with Crippen molar-refractivity contribution >= 4 is 0 Å². The summed E-state index contributed by atoms with van der Waals surface area (Å²) >= 11 is 0. The van der Waals surface area contributed by atoms with Crippen molar-refractivity contribution in [1.29, 1.82) is 0 Å². The van der Waals surface area contributed by atoms with E-state index in [1.54, 1.807) is 24.7 Å². The molecule has 2 unspecified atom stereocenters. The van der Waals surface area contributed by atoms with Crippen LogP contribution in [0, 0.1) is 0 Å². The van der Waals surface area contributed by atoms with Crippen molar-refractivity contribution in [2.24, 2.45) is 0 Å². The fourth-order valence-corrected chi connectivity index (χ4v) is 1.26. The van der Waals surface area contributed by atoms with Gasteiger partial charge in [0.05, 0.1) is 12.5 Å². The fraction of sp³-hybridized carbons (Fsp3) is 0.333. The van der Waals surface area contributed by atoms with E-state index in [1.165, 1.54) is 0 Å². The van der Waals surface area contributed by atoms with Crippen molar-refractivity contribution in [3.63, 3.8) is 0 Å². The molecule has 0 aromatic rings. The molecule has 0 bridgehead atoms. The van der Waals surface area contributed by atoms with Crippen molar-refractivity contribution in [2.75, 3.05) is 13.2 Å². The Morgan fingerprint density at radius 1 is 0.765 bits per heavy atom. The Morgan fingerprint density at radius 2 is 1.29 bits per heavy atom. The zero-order chi connectivity index (χ0) is 11.8. The molecule has 0 aliphatic carbocycles. The Hall–Kier alpha value is -1.56. The standard InChI is InChI=1S/C12H14O5/c1-3-7-13-11(5-1)9-15-17-16-10-12-6-2-4-8-14-12/h1-8,11-12H,9-10H2. The lowest BCUT2D eigenvalue weighted by Crippen LogP contribution is -2.19. The van der Waals surface area contributed by atoms with Crippen LogP contribution >= 0.6 is 0 Å². The van der Waals surface area contributed by atoms with E-state index in [1.807, 2.05) is 24.3 Å². The predicted molar refractivity (Wildman–Crippen MR) is 59.3 cm³/mol. The van der Waals surface area contributed by atoms with Gasteiger partial charge in [-0.25, -0.2) is 9.78 Å². The maximum absolute atomic E-state index is 5.20. The third-order valence-electron chi connectivity index (χ3n) is 2.10. The van der Waals surface area contributed by atoms with Crippen LogP contribution in [0.3, 0.4) is 0 Å². The molecule has 0 spiro atoms. The SMILES string of the molecule is C1=COC(COOOCC2C=CC=CO2)C=C1. The van der Waals surface area contributed by atoms with Crippen LogP contribution in [0.4, 0.5) is 0 Å². The molecule has 0 radical (unpaired) electrons. The first kappa shape index (κ1) is 11.9. The first-order valence-corrected chi connectivity index (χ1v) is 5.34. The monoisotopic (exact) mass is 238 g/mol. The molecule has 92 valence electrons. The van der Waals surface area contributed by atoms with Crippen molar-refractivity contribution in [2.45, 2.75) is 12.2 Å². The van der Waals surface area contributed by atoms with Crippen molar-refractivity contribution in [1.82, 2.24) is 0 Å². The Bertz CT molecular complexity index is 300. The summed E-state index contributed by atoms with van der Waals surface area (Å²) in [7, 11) is 0. The summed E-state index contributed by atoms with van der Waals surface area (Å²) in [5.41, 5.74) is 0. The lowest BCUT2D eigenvalue weighted by atomic mass is 10.3. The van der Waals surface area contributed by atoms with Crippen LogP contribution in [0.2, 0.25) is 0 Å². The van der Waals surface area contributed by atoms with Gasteiger partial charge in [0.1, 0.15) is 25.4 Å². The van der Waals surface area contributed by atoms with E-state index in [4.69, 9.17) is 19.2 Å². The molecule has 2 rings (SSSR count). The summed E-state index contributed by atoms with van der Waals surface area (Å²) in [6, 6.07) is 0. The molecule has 0 N–H and O–H groups in total. The lowest BCUT2D eigenvalue weighted by molar-refractivity contribution is -0.517. The Labute approximate surface area is 99.4 Å². The van der Waals surface area contributed by atoms with E-state index in [0.29, 0.717) is 0 Å². The second kappa shape index (κ2) is 6.90. The normalized spacial score (nSPS) is 25.6. The van der Waals surface area contributed by atoms with Crippen LogP contribution in [0.5, 0.6) is 0 Å². The molecule has 0 aromatic heterocycles. The minimum Gasteiger partial charge on any atom is -0.491 e. The van der Waals surface area contributed by atoms with Gasteiger partial charge >= 0.3 is 0 Å². The number of ether oxygens (including phenoxy) is 2. The van der Waals surface area contributed by atoms with Gasteiger partial charge in [-0.05, 0) is 24.3 Å². The highest BCUT2D eigenvalue weighted by Crippen LogP contribution is 2.05. The van der Waals surface area contributed by atoms with E-state index >= 15 is 0 Å². The maximum Gasteiger partial charge on any atom is 0.143 e. The van der Waals surface area contributed by atoms with Crippen LogP contribution < -0.4 is 0 Å². The Morgan fingerprint density at radius 3 is 1.71 bits per heavy atom. The first-order chi connectivity index (χ1) is 8.45. The zero-order valence-electron chi connectivity index (χ0n) is 9.23. The van der Waals surface area contributed by atoms with Crippen LogP contribution in [0.25, 0.3) is 0 Å². The van der Waals surface area contributed by atoms with Crippen LogP contribution in [0.1, 0.15) is 0 Å². The van der Waals surface area contributed by atoms with E-state index in [2.05, 4.69) is 5.04 Å². The molecule has 2 aliphatic rings. The molecule has 5 heteroatoms. The Kier molecular flexibility index (Phi) is 4.84. The summed E-state index contributed by atoms with van der Waals surface area (Å²) < 4.78 is 10.4.